The van der Waals surface area contributed by atoms with E-state index in [2.05, 4.69) is 27.4 Å². The Hall–Kier alpha value is -1.40. The number of hydrogen-bond donors (Lipinski definition) is 3. The number of amides is 3. The molecule has 102 valence electrons. The zero-order chi connectivity index (χ0) is 13.4. The van der Waals surface area contributed by atoms with Crippen molar-refractivity contribution in [2.75, 3.05) is 33.2 Å². The summed E-state index contributed by atoms with van der Waals surface area (Å²) in [6.45, 7) is 5.89. The normalized spacial score (nSPS) is 19.5. The Bertz CT molecular complexity index is 306. The van der Waals surface area contributed by atoms with E-state index in [9.17, 15) is 9.59 Å². The average molecular weight is 254 g/mol. The van der Waals surface area contributed by atoms with E-state index in [1.54, 1.807) is 6.08 Å². The zero-order valence-corrected chi connectivity index (χ0v) is 10.9. The minimum atomic E-state index is -0.468. The SMILES string of the molecule is C=CCNC(=O)NC(=O)CN1CCCC1CNC. The van der Waals surface area contributed by atoms with Crippen LogP contribution in [0.2, 0.25) is 0 Å². The van der Waals surface area contributed by atoms with Crippen LogP contribution in [0.5, 0.6) is 0 Å². The van der Waals surface area contributed by atoms with Crippen LogP contribution in [0.15, 0.2) is 12.7 Å². The third-order valence-electron chi connectivity index (χ3n) is 2.95. The number of rotatable bonds is 6. The summed E-state index contributed by atoms with van der Waals surface area (Å²) in [5.41, 5.74) is 0. The van der Waals surface area contributed by atoms with E-state index in [1.165, 1.54) is 0 Å². The quantitative estimate of drug-likeness (QED) is 0.568. The van der Waals surface area contributed by atoms with Crippen molar-refractivity contribution in [1.82, 2.24) is 20.9 Å². The highest BCUT2D eigenvalue weighted by Gasteiger charge is 2.25. The molecule has 0 aliphatic carbocycles. The monoisotopic (exact) mass is 254 g/mol. The number of carbonyl (C=O) groups is 2. The molecular formula is C12H22N4O2. The topological polar surface area (TPSA) is 73.5 Å². The summed E-state index contributed by atoms with van der Waals surface area (Å²) in [5.74, 6) is -0.264. The maximum Gasteiger partial charge on any atom is 0.321 e. The maximum atomic E-state index is 11.7. The fourth-order valence-corrected chi connectivity index (χ4v) is 2.13. The number of likely N-dealkylation sites (N-methyl/N-ethyl adjacent to an activating group) is 1. The predicted octanol–water partition coefficient (Wildman–Crippen LogP) is -0.318. The molecule has 6 nitrogen and oxygen atoms in total. The Kier molecular flexibility index (Phi) is 6.38. The lowest BCUT2D eigenvalue weighted by molar-refractivity contribution is -0.121. The van der Waals surface area contributed by atoms with Gasteiger partial charge in [0.15, 0.2) is 0 Å². The summed E-state index contributed by atoms with van der Waals surface area (Å²) >= 11 is 0. The van der Waals surface area contributed by atoms with E-state index in [-0.39, 0.29) is 12.5 Å². The van der Waals surface area contributed by atoms with Gasteiger partial charge in [0.1, 0.15) is 0 Å². The second-order valence-corrected chi connectivity index (χ2v) is 4.37. The van der Waals surface area contributed by atoms with Gasteiger partial charge in [-0.1, -0.05) is 6.08 Å². The minimum Gasteiger partial charge on any atom is -0.334 e. The van der Waals surface area contributed by atoms with Gasteiger partial charge in [0.25, 0.3) is 0 Å². The molecule has 0 radical (unpaired) electrons. The van der Waals surface area contributed by atoms with Crippen molar-refractivity contribution < 1.29 is 9.59 Å². The number of imide groups is 1. The highest BCUT2D eigenvalue weighted by atomic mass is 16.2. The Morgan fingerprint density at radius 3 is 2.94 bits per heavy atom. The number of likely N-dealkylation sites (tertiary alicyclic amines) is 1. The highest BCUT2D eigenvalue weighted by molar-refractivity contribution is 5.95. The van der Waals surface area contributed by atoms with Gasteiger partial charge in [0.05, 0.1) is 6.54 Å². The van der Waals surface area contributed by atoms with Gasteiger partial charge in [-0.05, 0) is 26.4 Å². The van der Waals surface area contributed by atoms with Gasteiger partial charge in [0.2, 0.25) is 5.91 Å². The molecule has 1 unspecified atom stereocenters. The second-order valence-electron chi connectivity index (χ2n) is 4.37. The molecule has 0 aromatic heterocycles. The van der Waals surface area contributed by atoms with Crippen molar-refractivity contribution in [1.29, 1.82) is 0 Å². The van der Waals surface area contributed by atoms with Gasteiger partial charge in [-0.25, -0.2) is 4.79 Å². The van der Waals surface area contributed by atoms with Crippen LogP contribution in [0.1, 0.15) is 12.8 Å². The summed E-state index contributed by atoms with van der Waals surface area (Å²) in [4.78, 5) is 25.0. The number of hydrogen-bond acceptors (Lipinski definition) is 4. The van der Waals surface area contributed by atoms with Gasteiger partial charge in [0, 0.05) is 19.1 Å². The number of carbonyl (C=O) groups excluding carboxylic acids is 2. The van der Waals surface area contributed by atoms with Crippen molar-refractivity contribution in [3.05, 3.63) is 12.7 Å². The zero-order valence-electron chi connectivity index (χ0n) is 10.9. The molecule has 3 N–H and O–H groups in total. The van der Waals surface area contributed by atoms with Gasteiger partial charge >= 0.3 is 6.03 Å². The molecule has 6 heteroatoms. The van der Waals surface area contributed by atoms with Gasteiger partial charge in [-0.2, -0.15) is 0 Å². The Labute approximate surface area is 108 Å². The Balaban J connectivity index is 2.30. The van der Waals surface area contributed by atoms with Gasteiger partial charge in [-0.15, -0.1) is 6.58 Å². The van der Waals surface area contributed by atoms with Crippen LogP contribution in [0.3, 0.4) is 0 Å². The molecule has 1 heterocycles. The Morgan fingerprint density at radius 1 is 1.50 bits per heavy atom. The van der Waals surface area contributed by atoms with Crippen LogP contribution in [0.4, 0.5) is 4.79 Å². The fourth-order valence-electron chi connectivity index (χ4n) is 2.13. The molecule has 0 aromatic rings. The summed E-state index contributed by atoms with van der Waals surface area (Å²) in [5, 5.41) is 7.93. The summed E-state index contributed by atoms with van der Waals surface area (Å²) in [6.07, 6.45) is 3.76. The molecule has 1 fully saturated rings. The average Bonchev–Trinajstić information content (AvgIpc) is 2.74. The van der Waals surface area contributed by atoms with Gasteiger partial charge in [-0.3, -0.25) is 15.0 Å². The molecule has 1 saturated heterocycles. The van der Waals surface area contributed by atoms with E-state index in [0.717, 1.165) is 25.9 Å². The first-order valence-electron chi connectivity index (χ1n) is 6.24. The summed E-state index contributed by atoms with van der Waals surface area (Å²) in [7, 11) is 1.90. The Morgan fingerprint density at radius 2 is 2.28 bits per heavy atom. The van der Waals surface area contributed by atoms with E-state index in [0.29, 0.717) is 12.6 Å². The third kappa shape index (κ3) is 4.85. The van der Waals surface area contributed by atoms with Crippen LogP contribution in [-0.4, -0.2) is 56.1 Å². The number of nitrogens with zero attached hydrogens (tertiary/aromatic N) is 1. The molecule has 1 aliphatic rings. The van der Waals surface area contributed by atoms with E-state index < -0.39 is 6.03 Å². The van der Waals surface area contributed by atoms with Crippen LogP contribution in [-0.2, 0) is 4.79 Å². The van der Waals surface area contributed by atoms with E-state index in [4.69, 9.17) is 0 Å². The third-order valence-corrected chi connectivity index (χ3v) is 2.95. The van der Waals surface area contributed by atoms with Crippen LogP contribution < -0.4 is 16.0 Å². The standard InChI is InChI=1S/C12H22N4O2/c1-3-6-14-12(18)15-11(17)9-16-7-4-5-10(16)8-13-2/h3,10,13H,1,4-9H2,2H3,(H2,14,15,17,18). The van der Waals surface area contributed by atoms with E-state index >= 15 is 0 Å². The van der Waals surface area contributed by atoms with Crippen molar-refractivity contribution in [3.63, 3.8) is 0 Å². The summed E-state index contributed by atoms with van der Waals surface area (Å²) in [6, 6.07) is -0.0822. The van der Waals surface area contributed by atoms with E-state index in [1.807, 2.05) is 7.05 Å². The molecule has 1 aliphatic heterocycles. The molecule has 1 rings (SSSR count). The number of urea groups is 1. The first-order valence-corrected chi connectivity index (χ1v) is 6.24. The first-order chi connectivity index (χ1) is 8.67. The molecule has 0 saturated carbocycles. The lowest BCUT2D eigenvalue weighted by atomic mass is 10.2. The molecule has 0 aromatic carbocycles. The van der Waals surface area contributed by atoms with Crippen molar-refractivity contribution >= 4 is 11.9 Å². The summed E-state index contributed by atoms with van der Waals surface area (Å²) < 4.78 is 0. The maximum absolute atomic E-state index is 11.7. The second kappa shape index (κ2) is 7.84. The smallest absolute Gasteiger partial charge is 0.321 e. The molecule has 0 bridgehead atoms. The van der Waals surface area contributed by atoms with Gasteiger partial charge < -0.3 is 10.6 Å². The van der Waals surface area contributed by atoms with Crippen molar-refractivity contribution in [3.8, 4) is 0 Å². The first kappa shape index (κ1) is 14.7. The predicted molar refractivity (Wildman–Crippen MR) is 70.3 cm³/mol. The lowest BCUT2D eigenvalue weighted by Crippen LogP contribution is -2.47. The lowest BCUT2D eigenvalue weighted by Gasteiger charge is -2.23. The molecule has 3 amide bonds. The minimum absolute atomic E-state index is 0.264. The fraction of sp³-hybridized carbons (Fsp3) is 0.667. The van der Waals surface area contributed by atoms with Crippen molar-refractivity contribution in [2.45, 2.75) is 18.9 Å². The van der Waals surface area contributed by atoms with Crippen LogP contribution in [0.25, 0.3) is 0 Å². The molecule has 0 spiro atoms. The molecule has 18 heavy (non-hydrogen) atoms. The van der Waals surface area contributed by atoms with Crippen molar-refractivity contribution in [2.24, 2.45) is 0 Å². The van der Waals surface area contributed by atoms with Crippen LogP contribution >= 0.6 is 0 Å². The largest absolute Gasteiger partial charge is 0.334 e. The molecular weight excluding hydrogens is 232 g/mol. The van der Waals surface area contributed by atoms with Crippen LogP contribution in [0, 0.1) is 0 Å². The molecule has 1 atom stereocenters. The number of nitrogens with one attached hydrogen (secondary N) is 3. The highest BCUT2D eigenvalue weighted by Crippen LogP contribution is 2.15.